The Hall–Kier alpha value is -0.570. The molecule has 1 saturated carbocycles. The second-order valence-corrected chi connectivity index (χ2v) is 7.01. The smallest absolute Gasteiger partial charge is 0.323 e. The molecule has 18 heavy (non-hydrogen) atoms. The zero-order chi connectivity index (χ0) is 13.8. The van der Waals surface area contributed by atoms with E-state index >= 15 is 0 Å². The van der Waals surface area contributed by atoms with E-state index in [0.29, 0.717) is 5.41 Å². The molecule has 106 valence electrons. The van der Waals surface area contributed by atoms with Crippen molar-refractivity contribution < 1.29 is 9.53 Å². The molecule has 1 rings (SSSR count). The van der Waals surface area contributed by atoms with E-state index in [9.17, 15) is 4.79 Å². The van der Waals surface area contributed by atoms with E-state index in [4.69, 9.17) is 4.74 Å². The summed E-state index contributed by atoms with van der Waals surface area (Å²) in [5.74, 6) is -0.151. The molecule has 0 saturated heterocycles. The summed E-state index contributed by atoms with van der Waals surface area (Å²) in [5, 5.41) is 3.34. The summed E-state index contributed by atoms with van der Waals surface area (Å²) in [4.78, 5) is 11.9. The molecule has 0 aromatic carbocycles. The van der Waals surface area contributed by atoms with Gasteiger partial charge in [0.1, 0.15) is 11.6 Å². The molecule has 3 nitrogen and oxygen atoms in total. The Labute approximate surface area is 112 Å². The quantitative estimate of drug-likeness (QED) is 0.783. The lowest BCUT2D eigenvalue weighted by Crippen LogP contribution is -2.44. The van der Waals surface area contributed by atoms with Crippen molar-refractivity contribution >= 4 is 5.97 Å². The van der Waals surface area contributed by atoms with Crippen molar-refractivity contribution in [2.24, 2.45) is 5.41 Å². The third kappa shape index (κ3) is 5.38. The van der Waals surface area contributed by atoms with E-state index in [-0.39, 0.29) is 12.0 Å². The number of rotatable bonds is 4. The minimum absolute atomic E-state index is 0.151. The van der Waals surface area contributed by atoms with Gasteiger partial charge in [-0.25, -0.2) is 0 Å². The molecule has 1 aliphatic rings. The molecule has 0 amide bonds. The van der Waals surface area contributed by atoms with Crippen LogP contribution in [0.25, 0.3) is 0 Å². The van der Waals surface area contributed by atoms with Gasteiger partial charge in [-0.1, -0.05) is 26.2 Å². The highest BCUT2D eigenvalue weighted by molar-refractivity contribution is 5.75. The fourth-order valence-electron chi connectivity index (χ4n) is 2.46. The van der Waals surface area contributed by atoms with Crippen LogP contribution in [0.2, 0.25) is 0 Å². The molecule has 0 aromatic rings. The Kier molecular flexibility index (Phi) is 5.20. The molecule has 0 aromatic heterocycles. The average molecular weight is 255 g/mol. The highest BCUT2D eigenvalue weighted by Gasteiger charge is 2.28. The minimum Gasteiger partial charge on any atom is -0.459 e. The van der Waals surface area contributed by atoms with Crippen LogP contribution in [0.4, 0.5) is 0 Å². The van der Waals surface area contributed by atoms with Gasteiger partial charge in [0, 0.05) is 6.54 Å². The Morgan fingerprint density at radius 2 is 1.83 bits per heavy atom. The SMILES string of the molecule is CC(NCC1(C)CCCCC1)C(=O)OC(C)(C)C. The number of nitrogens with one attached hydrogen (secondary N) is 1. The third-order valence-corrected chi connectivity index (χ3v) is 3.66. The lowest BCUT2D eigenvalue weighted by atomic mass is 9.75. The zero-order valence-corrected chi connectivity index (χ0v) is 12.6. The van der Waals surface area contributed by atoms with E-state index in [1.807, 2.05) is 27.7 Å². The monoisotopic (exact) mass is 255 g/mol. The number of carbonyl (C=O) groups excluding carboxylic acids is 1. The molecule has 0 radical (unpaired) electrons. The lowest BCUT2D eigenvalue weighted by molar-refractivity contribution is -0.157. The number of carbonyl (C=O) groups is 1. The van der Waals surface area contributed by atoms with Crippen molar-refractivity contribution in [3.8, 4) is 0 Å². The van der Waals surface area contributed by atoms with Crippen molar-refractivity contribution in [2.45, 2.75) is 78.4 Å². The molecular formula is C15H29NO2. The Balaban J connectivity index is 2.35. The second kappa shape index (κ2) is 6.05. The molecule has 1 fully saturated rings. The van der Waals surface area contributed by atoms with E-state index in [2.05, 4.69) is 12.2 Å². The predicted octanol–water partition coefficient (Wildman–Crippen LogP) is 3.28. The molecule has 1 unspecified atom stereocenters. The highest BCUT2D eigenvalue weighted by atomic mass is 16.6. The van der Waals surface area contributed by atoms with Gasteiger partial charge in [0.15, 0.2) is 0 Å². The van der Waals surface area contributed by atoms with Crippen LogP contribution in [0.3, 0.4) is 0 Å². The van der Waals surface area contributed by atoms with Crippen LogP contribution < -0.4 is 5.32 Å². The van der Waals surface area contributed by atoms with Crippen LogP contribution in [-0.4, -0.2) is 24.2 Å². The van der Waals surface area contributed by atoms with Crippen molar-refractivity contribution in [2.75, 3.05) is 6.54 Å². The van der Waals surface area contributed by atoms with Crippen LogP contribution in [0.5, 0.6) is 0 Å². The highest BCUT2D eigenvalue weighted by Crippen LogP contribution is 2.35. The summed E-state index contributed by atoms with van der Waals surface area (Å²) in [6, 6.07) is -0.219. The molecule has 1 aliphatic carbocycles. The molecule has 0 bridgehead atoms. The van der Waals surface area contributed by atoms with Gasteiger partial charge in [-0.2, -0.15) is 0 Å². The van der Waals surface area contributed by atoms with Crippen molar-refractivity contribution in [1.29, 1.82) is 0 Å². The first-order valence-electron chi connectivity index (χ1n) is 7.18. The maximum Gasteiger partial charge on any atom is 0.323 e. The Morgan fingerprint density at radius 3 is 2.33 bits per heavy atom. The summed E-state index contributed by atoms with van der Waals surface area (Å²) < 4.78 is 5.37. The molecule has 0 aliphatic heterocycles. The lowest BCUT2D eigenvalue weighted by Gasteiger charge is -2.34. The Morgan fingerprint density at radius 1 is 1.28 bits per heavy atom. The molecule has 1 N–H and O–H groups in total. The average Bonchev–Trinajstić information content (AvgIpc) is 2.24. The molecule has 0 heterocycles. The first kappa shape index (κ1) is 15.5. The fourth-order valence-corrected chi connectivity index (χ4v) is 2.46. The summed E-state index contributed by atoms with van der Waals surface area (Å²) in [6.07, 6.45) is 6.53. The van der Waals surface area contributed by atoms with Crippen LogP contribution in [0, 0.1) is 5.41 Å². The van der Waals surface area contributed by atoms with Crippen LogP contribution >= 0.6 is 0 Å². The topological polar surface area (TPSA) is 38.3 Å². The van der Waals surface area contributed by atoms with Crippen molar-refractivity contribution in [3.05, 3.63) is 0 Å². The van der Waals surface area contributed by atoms with Gasteiger partial charge < -0.3 is 10.1 Å². The van der Waals surface area contributed by atoms with E-state index in [0.717, 1.165) is 6.54 Å². The first-order valence-corrected chi connectivity index (χ1v) is 7.18. The maximum absolute atomic E-state index is 11.9. The van der Waals surface area contributed by atoms with E-state index in [1.165, 1.54) is 32.1 Å². The number of hydrogen-bond donors (Lipinski definition) is 1. The zero-order valence-electron chi connectivity index (χ0n) is 12.6. The normalized spacial score (nSPS) is 21.4. The first-order chi connectivity index (χ1) is 8.22. The van der Waals surface area contributed by atoms with Gasteiger partial charge >= 0.3 is 5.97 Å². The molecule has 1 atom stereocenters. The van der Waals surface area contributed by atoms with Crippen LogP contribution in [0.1, 0.15) is 66.7 Å². The van der Waals surface area contributed by atoms with Crippen molar-refractivity contribution in [3.63, 3.8) is 0 Å². The number of hydrogen-bond acceptors (Lipinski definition) is 3. The largest absolute Gasteiger partial charge is 0.459 e. The number of esters is 1. The second-order valence-electron chi connectivity index (χ2n) is 7.01. The van der Waals surface area contributed by atoms with E-state index in [1.54, 1.807) is 0 Å². The summed E-state index contributed by atoms with van der Waals surface area (Å²) in [7, 11) is 0. The van der Waals surface area contributed by atoms with Gasteiger partial charge in [0.25, 0.3) is 0 Å². The fraction of sp³-hybridized carbons (Fsp3) is 0.933. The summed E-state index contributed by atoms with van der Waals surface area (Å²) >= 11 is 0. The summed E-state index contributed by atoms with van der Waals surface area (Å²) in [5.41, 5.74) is -0.0454. The van der Waals surface area contributed by atoms with Gasteiger partial charge in [-0.15, -0.1) is 0 Å². The molecular weight excluding hydrogens is 226 g/mol. The van der Waals surface area contributed by atoms with Gasteiger partial charge in [0.2, 0.25) is 0 Å². The molecule has 0 spiro atoms. The minimum atomic E-state index is -0.401. The standard InChI is InChI=1S/C15H29NO2/c1-12(13(17)18-14(2,3)4)16-11-15(5)9-7-6-8-10-15/h12,16H,6-11H2,1-5H3. The Bertz CT molecular complexity index is 275. The van der Waals surface area contributed by atoms with Crippen LogP contribution in [0.15, 0.2) is 0 Å². The van der Waals surface area contributed by atoms with Gasteiger partial charge in [-0.05, 0) is 46.0 Å². The van der Waals surface area contributed by atoms with Gasteiger partial charge in [-0.3, -0.25) is 4.79 Å². The van der Waals surface area contributed by atoms with Crippen molar-refractivity contribution in [1.82, 2.24) is 5.32 Å². The van der Waals surface area contributed by atoms with E-state index < -0.39 is 5.60 Å². The summed E-state index contributed by atoms with van der Waals surface area (Å²) in [6.45, 7) is 10.8. The number of ether oxygens (including phenoxy) is 1. The third-order valence-electron chi connectivity index (χ3n) is 3.66. The van der Waals surface area contributed by atoms with Gasteiger partial charge in [0.05, 0.1) is 0 Å². The maximum atomic E-state index is 11.9. The van der Waals surface area contributed by atoms with Crippen LogP contribution in [-0.2, 0) is 9.53 Å². The predicted molar refractivity (Wildman–Crippen MR) is 74.5 cm³/mol. The molecule has 3 heteroatoms.